The van der Waals surface area contributed by atoms with E-state index in [9.17, 15) is 9.59 Å². The summed E-state index contributed by atoms with van der Waals surface area (Å²) in [5.41, 5.74) is 7.54. The van der Waals surface area contributed by atoms with Gasteiger partial charge in [0.15, 0.2) is 0 Å². The maximum absolute atomic E-state index is 12.4. The number of carbonyl (C=O) groups is 2. The van der Waals surface area contributed by atoms with Gasteiger partial charge in [0.25, 0.3) is 5.91 Å². The highest BCUT2D eigenvalue weighted by atomic mass is 16.3. The number of hydrogen-bond donors (Lipinski definition) is 2. The molecule has 1 atom stereocenters. The number of aromatic nitrogens is 2. The van der Waals surface area contributed by atoms with Crippen LogP contribution in [-0.4, -0.2) is 28.1 Å². The fourth-order valence-electron chi connectivity index (χ4n) is 2.69. The van der Waals surface area contributed by atoms with E-state index in [2.05, 4.69) is 10.4 Å². The molecule has 0 saturated carbocycles. The molecule has 0 aliphatic carbocycles. The maximum atomic E-state index is 12.4. The molecule has 0 bridgehead atoms. The quantitative estimate of drug-likeness (QED) is 0.598. The average molecular weight is 366 g/mol. The van der Waals surface area contributed by atoms with E-state index in [4.69, 9.17) is 10.2 Å². The molecule has 3 rings (SSSR count). The van der Waals surface area contributed by atoms with E-state index in [0.717, 1.165) is 29.7 Å². The zero-order chi connectivity index (χ0) is 19.2. The van der Waals surface area contributed by atoms with Gasteiger partial charge in [-0.25, -0.2) is 0 Å². The summed E-state index contributed by atoms with van der Waals surface area (Å²) in [4.78, 5) is 23.7. The Balaban J connectivity index is 1.61. The highest BCUT2D eigenvalue weighted by Gasteiger charge is 2.13. The summed E-state index contributed by atoms with van der Waals surface area (Å²) < 4.78 is 6.79. The summed E-state index contributed by atoms with van der Waals surface area (Å²) in [6, 6.07) is 10.5. The third-order valence-corrected chi connectivity index (χ3v) is 4.33. The lowest BCUT2D eigenvalue weighted by atomic mass is 10.1. The lowest BCUT2D eigenvalue weighted by Crippen LogP contribution is -2.24. The summed E-state index contributed by atoms with van der Waals surface area (Å²) in [6.07, 6.45) is 6.63. The van der Waals surface area contributed by atoms with E-state index in [-0.39, 0.29) is 5.91 Å². The number of rotatable bonds is 8. The van der Waals surface area contributed by atoms with Crippen LogP contribution in [0, 0.1) is 0 Å². The van der Waals surface area contributed by atoms with E-state index < -0.39 is 11.9 Å². The predicted molar refractivity (Wildman–Crippen MR) is 101 cm³/mol. The first-order chi connectivity index (χ1) is 13.0. The van der Waals surface area contributed by atoms with Crippen molar-refractivity contribution in [2.45, 2.75) is 25.8 Å². The standard InChI is InChI=1S/C20H22N4O3/c1-14(19(21)25)24-13-17(12-23-24)15-5-2-6-16(11-15)20(26)22-9-3-7-18-8-4-10-27-18/h2,4-6,8,10-14H,3,7,9H2,1H3,(H2,21,25)(H,22,26)/t14-/m1/s1. The van der Waals surface area contributed by atoms with Crippen molar-refractivity contribution in [2.75, 3.05) is 6.54 Å². The van der Waals surface area contributed by atoms with Crippen LogP contribution in [0.4, 0.5) is 0 Å². The van der Waals surface area contributed by atoms with Gasteiger partial charge in [0.1, 0.15) is 11.8 Å². The Morgan fingerprint density at radius 3 is 2.85 bits per heavy atom. The van der Waals surface area contributed by atoms with Crippen molar-refractivity contribution < 1.29 is 14.0 Å². The summed E-state index contributed by atoms with van der Waals surface area (Å²) in [5.74, 6) is 0.329. The van der Waals surface area contributed by atoms with E-state index >= 15 is 0 Å². The number of furan rings is 1. The lowest BCUT2D eigenvalue weighted by Gasteiger charge is -2.07. The second-order valence-corrected chi connectivity index (χ2v) is 6.31. The van der Waals surface area contributed by atoms with Crippen LogP contribution in [-0.2, 0) is 11.2 Å². The van der Waals surface area contributed by atoms with E-state index in [1.54, 1.807) is 37.7 Å². The largest absolute Gasteiger partial charge is 0.469 e. The normalized spacial score (nSPS) is 11.9. The number of primary amides is 1. The van der Waals surface area contributed by atoms with Crippen molar-refractivity contribution in [1.29, 1.82) is 0 Å². The van der Waals surface area contributed by atoms with Crippen LogP contribution in [0.1, 0.15) is 35.5 Å². The number of nitrogens with zero attached hydrogens (tertiary/aromatic N) is 2. The zero-order valence-electron chi connectivity index (χ0n) is 15.1. The van der Waals surface area contributed by atoms with Gasteiger partial charge in [-0.3, -0.25) is 14.3 Å². The SMILES string of the molecule is C[C@H](C(N)=O)n1cc(-c2cccc(C(=O)NCCCc3ccco3)c2)cn1. The molecule has 27 heavy (non-hydrogen) atoms. The fraction of sp³-hybridized carbons (Fsp3) is 0.250. The second kappa shape index (κ2) is 8.35. The summed E-state index contributed by atoms with van der Waals surface area (Å²) >= 11 is 0. The van der Waals surface area contributed by atoms with Gasteiger partial charge < -0.3 is 15.5 Å². The second-order valence-electron chi connectivity index (χ2n) is 6.31. The molecule has 0 saturated heterocycles. The third kappa shape index (κ3) is 4.63. The molecule has 0 unspecified atom stereocenters. The molecule has 3 N–H and O–H groups in total. The summed E-state index contributed by atoms with van der Waals surface area (Å²) in [5, 5.41) is 7.10. The Bertz CT molecular complexity index is 915. The lowest BCUT2D eigenvalue weighted by molar-refractivity contribution is -0.120. The van der Waals surface area contributed by atoms with Gasteiger partial charge >= 0.3 is 0 Å². The molecule has 0 spiro atoms. The molecular weight excluding hydrogens is 344 g/mol. The van der Waals surface area contributed by atoms with Gasteiger partial charge in [0.05, 0.1) is 12.5 Å². The molecule has 0 fully saturated rings. The Labute approximate surface area is 157 Å². The highest BCUT2D eigenvalue weighted by Crippen LogP contribution is 2.21. The predicted octanol–water partition coefficient (Wildman–Crippen LogP) is 2.55. The Kier molecular flexibility index (Phi) is 5.71. The molecule has 0 radical (unpaired) electrons. The van der Waals surface area contributed by atoms with Crippen molar-refractivity contribution in [3.8, 4) is 11.1 Å². The van der Waals surface area contributed by atoms with Gasteiger partial charge in [-0.1, -0.05) is 12.1 Å². The first kappa shape index (κ1) is 18.4. The van der Waals surface area contributed by atoms with Crippen LogP contribution in [0.5, 0.6) is 0 Å². The number of nitrogens with one attached hydrogen (secondary N) is 1. The van der Waals surface area contributed by atoms with Crippen molar-refractivity contribution in [3.05, 3.63) is 66.4 Å². The first-order valence-electron chi connectivity index (χ1n) is 8.79. The van der Waals surface area contributed by atoms with Crippen molar-refractivity contribution in [1.82, 2.24) is 15.1 Å². The number of hydrogen-bond acceptors (Lipinski definition) is 4. The molecule has 0 aliphatic heterocycles. The van der Waals surface area contributed by atoms with Gasteiger partial charge in [0, 0.05) is 30.3 Å². The number of nitrogens with two attached hydrogens (primary N) is 1. The van der Waals surface area contributed by atoms with Gasteiger partial charge in [0.2, 0.25) is 5.91 Å². The van der Waals surface area contributed by atoms with Crippen molar-refractivity contribution in [2.24, 2.45) is 5.73 Å². The summed E-state index contributed by atoms with van der Waals surface area (Å²) in [6.45, 7) is 2.25. The van der Waals surface area contributed by atoms with Crippen molar-refractivity contribution in [3.63, 3.8) is 0 Å². The molecule has 7 heteroatoms. The molecule has 7 nitrogen and oxygen atoms in total. The fourth-order valence-corrected chi connectivity index (χ4v) is 2.69. The van der Waals surface area contributed by atoms with E-state index in [0.29, 0.717) is 12.1 Å². The first-order valence-corrected chi connectivity index (χ1v) is 8.79. The molecule has 140 valence electrons. The van der Waals surface area contributed by atoms with Crippen LogP contribution in [0.15, 0.2) is 59.5 Å². The minimum absolute atomic E-state index is 0.130. The smallest absolute Gasteiger partial charge is 0.251 e. The molecule has 1 aromatic carbocycles. The number of carbonyl (C=O) groups excluding carboxylic acids is 2. The van der Waals surface area contributed by atoms with Crippen molar-refractivity contribution >= 4 is 11.8 Å². The topological polar surface area (TPSA) is 103 Å². The Morgan fingerprint density at radius 1 is 1.26 bits per heavy atom. The van der Waals surface area contributed by atoms with Gasteiger partial charge in [-0.2, -0.15) is 5.10 Å². The zero-order valence-corrected chi connectivity index (χ0v) is 15.1. The van der Waals surface area contributed by atoms with Gasteiger partial charge in [-0.15, -0.1) is 0 Å². The van der Waals surface area contributed by atoms with Crippen LogP contribution >= 0.6 is 0 Å². The number of amides is 2. The Hall–Kier alpha value is -3.35. The van der Waals surface area contributed by atoms with E-state index in [1.165, 1.54) is 4.68 Å². The maximum Gasteiger partial charge on any atom is 0.251 e. The van der Waals surface area contributed by atoms with E-state index in [1.807, 2.05) is 24.3 Å². The van der Waals surface area contributed by atoms with Gasteiger partial charge in [-0.05, 0) is 43.2 Å². The number of aryl methyl sites for hydroxylation is 1. The molecule has 2 amide bonds. The molecular formula is C20H22N4O3. The third-order valence-electron chi connectivity index (χ3n) is 4.33. The average Bonchev–Trinajstić information content (AvgIpc) is 3.36. The van der Waals surface area contributed by atoms with Crippen LogP contribution in [0.25, 0.3) is 11.1 Å². The number of benzene rings is 1. The summed E-state index contributed by atoms with van der Waals surface area (Å²) in [7, 11) is 0. The monoisotopic (exact) mass is 366 g/mol. The molecule has 3 aromatic rings. The minimum atomic E-state index is -0.528. The highest BCUT2D eigenvalue weighted by molar-refractivity contribution is 5.95. The van der Waals surface area contributed by atoms with Crippen LogP contribution < -0.4 is 11.1 Å². The minimum Gasteiger partial charge on any atom is -0.469 e. The van der Waals surface area contributed by atoms with Crippen LogP contribution in [0.2, 0.25) is 0 Å². The molecule has 2 aromatic heterocycles. The van der Waals surface area contributed by atoms with Crippen LogP contribution in [0.3, 0.4) is 0 Å². The molecule has 2 heterocycles. The molecule has 0 aliphatic rings. The Morgan fingerprint density at radius 2 is 2.11 bits per heavy atom.